The lowest BCUT2D eigenvalue weighted by molar-refractivity contribution is -0.143. The fraction of sp³-hybridized carbons (Fsp3) is 0.462. The van der Waals surface area contributed by atoms with Gasteiger partial charge in [-0.15, -0.1) is 0 Å². The van der Waals surface area contributed by atoms with Gasteiger partial charge in [-0.3, -0.25) is 9.63 Å². The van der Waals surface area contributed by atoms with Crippen LogP contribution in [0.5, 0.6) is 5.75 Å². The number of benzene rings is 1. The second-order valence-corrected chi connectivity index (χ2v) is 4.93. The average Bonchev–Trinajstić information content (AvgIpc) is 2.39. The molecule has 2 unspecified atom stereocenters. The van der Waals surface area contributed by atoms with E-state index in [0.29, 0.717) is 12.1 Å². The van der Waals surface area contributed by atoms with E-state index < -0.39 is 5.97 Å². The molecule has 3 N–H and O–H groups in total. The lowest BCUT2D eigenvalue weighted by atomic mass is 9.77. The van der Waals surface area contributed by atoms with Gasteiger partial charge in [0, 0.05) is 11.8 Å². The van der Waals surface area contributed by atoms with Crippen LogP contribution in [0.3, 0.4) is 0 Å². The number of nitrogens with one attached hydrogen (secondary N) is 1. The van der Waals surface area contributed by atoms with Crippen LogP contribution in [0.1, 0.15) is 37.2 Å². The average molecular weight is 270 g/mol. The second kappa shape index (κ2) is 5.48. The van der Waals surface area contributed by atoms with Crippen molar-refractivity contribution in [3.8, 4) is 5.75 Å². The van der Waals surface area contributed by atoms with Crippen molar-refractivity contribution in [2.24, 2.45) is 5.92 Å². The van der Waals surface area contributed by atoms with Gasteiger partial charge in [0.05, 0.1) is 11.6 Å². The summed E-state index contributed by atoms with van der Waals surface area (Å²) in [7, 11) is 0. The molecule has 2 atom stereocenters. The number of hydrogen-bond acceptors (Lipinski definition) is 3. The zero-order chi connectivity index (χ0) is 13.1. The number of halogens is 1. The molecule has 1 aromatic rings. The Balaban J connectivity index is 2.23. The third-order valence-electron chi connectivity index (χ3n) is 3.63. The van der Waals surface area contributed by atoms with Crippen molar-refractivity contribution in [2.45, 2.75) is 31.6 Å². The molecular formula is C13H16ClNO3. The molecule has 4 nitrogen and oxygen atoms in total. The van der Waals surface area contributed by atoms with Crippen LogP contribution in [0.4, 0.5) is 5.69 Å². The molecule has 1 aliphatic carbocycles. The number of carboxylic acids is 1. The van der Waals surface area contributed by atoms with Crippen molar-refractivity contribution < 1.29 is 15.0 Å². The van der Waals surface area contributed by atoms with E-state index in [1.54, 1.807) is 6.07 Å². The van der Waals surface area contributed by atoms with Crippen LogP contribution >= 0.6 is 11.8 Å². The zero-order valence-corrected chi connectivity index (χ0v) is 10.7. The Morgan fingerprint density at radius 1 is 1.39 bits per heavy atom. The van der Waals surface area contributed by atoms with E-state index in [0.717, 1.165) is 24.8 Å². The summed E-state index contributed by atoms with van der Waals surface area (Å²) < 4.78 is 0. The summed E-state index contributed by atoms with van der Waals surface area (Å²) in [5, 5.41) is 19.1. The maximum atomic E-state index is 11.0. The van der Waals surface area contributed by atoms with Crippen LogP contribution in [-0.2, 0) is 4.79 Å². The molecule has 0 heterocycles. The van der Waals surface area contributed by atoms with Crippen LogP contribution in [0.2, 0.25) is 0 Å². The van der Waals surface area contributed by atoms with Crippen LogP contribution in [0, 0.1) is 5.92 Å². The van der Waals surface area contributed by atoms with Crippen molar-refractivity contribution in [1.82, 2.24) is 0 Å². The van der Waals surface area contributed by atoms with Gasteiger partial charge in [0.2, 0.25) is 0 Å². The minimum atomic E-state index is -0.745. The minimum absolute atomic E-state index is 0.0878. The molecular weight excluding hydrogens is 254 g/mol. The van der Waals surface area contributed by atoms with Gasteiger partial charge in [0.1, 0.15) is 5.75 Å². The number of aromatic hydroxyl groups is 1. The van der Waals surface area contributed by atoms with Gasteiger partial charge in [-0.25, -0.2) is 0 Å². The van der Waals surface area contributed by atoms with Crippen molar-refractivity contribution in [3.63, 3.8) is 0 Å². The first-order chi connectivity index (χ1) is 8.63. The SMILES string of the molecule is O=C(O)C1CCCC(c2cccc(NCl)c2O)C1. The molecule has 0 saturated heterocycles. The number of aliphatic carboxylic acids is 1. The first-order valence-electron chi connectivity index (χ1n) is 6.04. The Morgan fingerprint density at radius 3 is 2.83 bits per heavy atom. The lowest BCUT2D eigenvalue weighted by Gasteiger charge is -2.27. The summed E-state index contributed by atoms with van der Waals surface area (Å²) in [4.78, 5) is 13.5. The maximum absolute atomic E-state index is 11.0. The van der Waals surface area contributed by atoms with E-state index in [9.17, 15) is 9.90 Å². The van der Waals surface area contributed by atoms with Gasteiger partial charge in [0.25, 0.3) is 0 Å². The molecule has 1 fully saturated rings. The molecule has 1 saturated carbocycles. The number of carboxylic acid groups (broad SMARTS) is 1. The Bertz CT molecular complexity index is 450. The van der Waals surface area contributed by atoms with Crippen molar-refractivity contribution >= 4 is 23.4 Å². The molecule has 0 aliphatic heterocycles. The molecule has 2 rings (SSSR count). The highest BCUT2D eigenvalue weighted by atomic mass is 35.5. The molecule has 18 heavy (non-hydrogen) atoms. The first kappa shape index (κ1) is 13.0. The van der Waals surface area contributed by atoms with Crippen molar-refractivity contribution in [3.05, 3.63) is 23.8 Å². The fourth-order valence-corrected chi connectivity index (χ4v) is 2.82. The second-order valence-electron chi connectivity index (χ2n) is 4.74. The molecule has 1 aromatic carbocycles. The van der Waals surface area contributed by atoms with Crippen molar-refractivity contribution in [2.75, 3.05) is 4.84 Å². The highest BCUT2D eigenvalue weighted by Crippen LogP contribution is 2.42. The third-order valence-corrected chi connectivity index (χ3v) is 3.84. The zero-order valence-electron chi connectivity index (χ0n) is 9.90. The number of rotatable bonds is 3. The van der Waals surface area contributed by atoms with Gasteiger partial charge in [-0.05, 0) is 36.8 Å². The summed E-state index contributed by atoms with van der Waals surface area (Å²) in [5.41, 5.74) is 1.25. The third kappa shape index (κ3) is 2.53. The Morgan fingerprint density at radius 2 is 2.17 bits per heavy atom. The molecule has 1 aliphatic rings. The van der Waals surface area contributed by atoms with Gasteiger partial charge < -0.3 is 10.2 Å². The normalized spacial score (nSPS) is 23.6. The highest BCUT2D eigenvalue weighted by molar-refractivity contribution is 6.24. The topological polar surface area (TPSA) is 69.6 Å². The molecule has 0 amide bonds. The smallest absolute Gasteiger partial charge is 0.306 e. The van der Waals surface area contributed by atoms with E-state index in [4.69, 9.17) is 16.9 Å². The molecule has 98 valence electrons. The maximum Gasteiger partial charge on any atom is 0.306 e. The predicted molar refractivity (Wildman–Crippen MR) is 69.9 cm³/mol. The molecule has 0 radical (unpaired) electrons. The van der Waals surface area contributed by atoms with Gasteiger partial charge in [-0.1, -0.05) is 18.6 Å². The summed E-state index contributed by atoms with van der Waals surface area (Å²) in [6, 6.07) is 5.33. The Hall–Kier alpha value is -1.42. The van der Waals surface area contributed by atoms with E-state index >= 15 is 0 Å². The summed E-state index contributed by atoms with van der Waals surface area (Å²) in [5.74, 6) is -0.838. The number of carbonyl (C=O) groups is 1. The largest absolute Gasteiger partial charge is 0.505 e. The number of phenols is 1. The van der Waals surface area contributed by atoms with Gasteiger partial charge in [0.15, 0.2) is 0 Å². The highest BCUT2D eigenvalue weighted by Gasteiger charge is 2.29. The van der Waals surface area contributed by atoms with Crippen LogP contribution < -0.4 is 4.84 Å². The summed E-state index contributed by atoms with van der Waals surface area (Å²) in [6.07, 6.45) is 3.08. The Kier molecular flexibility index (Phi) is 3.97. The lowest BCUT2D eigenvalue weighted by Crippen LogP contribution is -2.21. The predicted octanol–water partition coefficient (Wildman–Crippen LogP) is 3.32. The summed E-state index contributed by atoms with van der Waals surface area (Å²) in [6.45, 7) is 0. The number of anilines is 1. The van der Waals surface area contributed by atoms with Crippen LogP contribution in [0.25, 0.3) is 0 Å². The van der Waals surface area contributed by atoms with Crippen molar-refractivity contribution in [1.29, 1.82) is 0 Å². The van der Waals surface area contributed by atoms with Gasteiger partial charge in [-0.2, -0.15) is 0 Å². The number of phenolic OH excluding ortho intramolecular Hbond substituents is 1. The van der Waals surface area contributed by atoms with Crippen LogP contribution in [-0.4, -0.2) is 16.2 Å². The fourth-order valence-electron chi connectivity index (χ4n) is 2.66. The molecule has 5 heteroatoms. The molecule has 0 aromatic heterocycles. The van der Waals surface area contributed by atoms with Crippen LogP contribution in [0.15, 0.2) is 18.2 Å². The standard InChI is InChI=1S/C13H16ClNO3/c14-15-11-6-2-5-10(12(11)16)8-3-1-4-9(7-8)13(17)18/h2,5-6,8-9,15-16H,1,3-4,7H2,(H,17,18). The monoisotopic (exact) mass is 269 g/mol. The van der Waals surface area contributed by atoms with E-state index in [2.05, 4.69) is 4.84 Å². The van der Waals surface area contributed by atoms with E-state index in [-0.39, 0.29) is 17.6 Å². The van der Waals surface area contributed by atoms with E-state index in [1.807, 2.05) is 12.1 Å². The Labute approximate surface area is 111 Å². The number of para-hydroxylation sites is 1. The number of hydrogen-bond donors (Lipinski definition) is 3. The summed E-state index contributed by atoms with van der Waals surface area (Å²) >= 11 is 5.52. The first-order valence-corrected chi connectivity index (χ1v) is 6.42. The van der Waals surface area contributed by atoms with E-state index in [1.165, 1.54) is 0 Å². The molecule has 0 bridgehead atoms. The molecule has 0 spiro atoms. The minimum Gasteiger partial charge on any atom is -0.505 e. The van der Waals surface area contributed by atoms with Gasteiger partial charge >= 0.3 is 5.97 Å². The quantitative estimate of drug-likeness (QED) is 0.582.